The van der Waals surface area contributed by atoms with E-state index >= 15 is 0 Å². The molecule has 0 bridgehead atoms. The molecule has 0 aromatic heterocycles. The van der Waals surface area contributed by atoms with Gasteiger partial charge in [0.15, 0.2) is 5.96 Å². The van der Waals surface area contributed by atoms with Crippen LogP contribution in [0, 0.1) is 5.41 Å². The molecule has 0 radical (unpaired) electrons. The van der Waals surface area contributed by atoms with E-state index in [4.69, 9.17) is 45.9 Å². The molecule has 0 saturated carbocycles. The van der Waals surface area contributed by atoms with Crippen molar-refractivity contribution in [3.8, 4) is 0 Å². The van der Waals surface area contributed by atoms with E-state index in [9.17, 15) is 4.79 Å². The van der Waals surface area contributed by atoms with Crippen LogP contribution in [-0.2, 0) is 4.79 Å². The largest absolute Gasteiger partial charge is 0.370 e. The van der Waals surface area contributed by atoms with Gasteiger partial charge in [-0.1, -0.05) is 29.3 Å². The van der Waals surface area contributed by atoms with Crippen molar-refractivity contribution in [3.05, 3.63) is 33.8 Å². The lowest BCUT2D eigenvalue weighted by Crippen LogP contribution is -2.37. The lowest BCUT2D eigenvalue weighted by molar-refractivity contribution is -0.119. The van der Waals surface area contributed by atoms with Crippen LogP contribution in [0.5, 0.6) is 0 Å². The maximum Gasteiger partial charge on any atom is 0.249 e. The van der Waals surface area contributed by atoms with Gasteiger partial charge < -0.3 is 5.73 Å². The zero-order valence-electron chi connectivity index (χ0n) is 7.93. The maximum absolute atomic E-state index is 11.5. The summed E-state index contributed by atoms with van der Waals surface area (Å²) in [5.74, 6) is -1.14. The number of nitrogens with two attached hydrogens (primary N) is 1. The minimum absolute atomic E-state index is 0.284. The highest BCUT2D eigenvalue weighted by molar-refractivity contribution is 6.40. The Morgan fingerprint density at radius 2 is 1.88 bits per heavy atom. The highest BCUT2D eigenvalue weighted by Crippen LogP contribution is 2.33. The molecule has 4 nitrogen and oxygen atoms in total. The van der Waals surface area contributed by atoms with Gasteiger partial charge in [-0.15, -0.1) is 11.6 Å². The third kappa shape index (κ3) is 3.01. The molecule has 0 fully saturated rings. The standard InChI is InChI=1S/C9H8Cl3N3O/c10-4-2-1-3-5(11)6(4)7(12)8(16)15-9(13)14/h1-3,7H,(H4,13,14,15,16). The third-order valence-corrected chi connectivity index (χ3v) is 2.82. The second kappa shape index (κ2) is 5.39. The van der Waals surface area contributed by atoms with E-state index in [-0.39, 0.29) is 10.0 Å². The minimum atomic E-state index is -1.09. The van der Waals surface area contributed by atoms with Crippen molar-refractivity contribution in [2.45, 2.75) is 5.38 Å². The van der Waals surface area contributed by atoms with Crippen molar-refractivity contribution in [2.75, 3.05) is 0 Å². The van der Waals surface area contributed by atoms with Crippen LogP contribution in [0.2, 0.25) is 10.0 Å². The van der Waals surface area contributed by atoms with Gasteiger partial charge in [-0.25, -0.2) is 0 Å². The monoisotopic (exact) mass is 279 g/mol. The van der Waals surface area contributed by atoms with Crippen LogP contribution >= 0.6 is 34.8 Å². The first kappa shape index (κ1) is 13.1. The molecule has 1 amide bonds. The molecule has 0 heterocycles. The average molecular weight is 281 g/mol. The van der Waals surface area contributed by atoms with Crippen LogP contribution in [0.15, 0.2) is 18.2 Å². The summed E-state index contributed by atoms with van der Waals surface area (Å²) in [6.07, 6.45) is 0. The van der Waals surface area contributed by atoms with Gasteiger partial charge >= 0.3 is 0 Å². The Hall–Kier alpha value is -0.970. The lowest BCUT2D eigenvalue weighted by atomic mass is 10.1. The van der Waals surface area contributed by atoms with Crippen LogP contribution in [0.3, 0.4) is 0 Å². The number of guanidine groups is 1. The summed E-state index contributed by atoms with van der Waals surface area (Å²) in [6, 6.07) is 4.78. The molecule has 7 heteroatoms. The van der Waals surface area contributed by atoms with E-state index in [0.717, 1.165) is 0 Å². The number of alkyl halides is 1. The van der Waals surface area contributed by atoms with E-state index in [1.807, 2.05) is 0 Å². The summed E-state index contributed by atoms with van der Waals surface area (Å²) in [7, 11) is 0. The van der Waals surface area contributed by atoms with E-state index in [2.05, 4.69) is 5.32 Å². The van der Waals surface area contributed by atoms with Crippen molar-refractivity contribution in [3.63, 3.8) is 0 Å². The molecule has 1 aromatic rings. The van der Waals surface area contributed by atoms with E-state index < -0.39 is 17.2 Å². The first-order valence-corrected chi connectivity index (χ1v) is 5.35. The predicted octanol–water partition coefficient (Wildman–Crippen LogP) is 2.28. The number of hydrogen-bond acceptors (Lipinski definition) is 2. The van der Waals surface area contributed by atoms with Gasteiger partial charge in [0.25, 0.3) is 0 Å². The fourth-order valence-corrected chi connectivity index (χ4v) is 2.10. The Morgan fingerprint density at radius 1 is 1.38 bits per heavy atom. The summed E-state index contributed by atoms with van der Waals surface area (Å²) in [5.41, 5.74) is 5.31. The average Bonchev–Trinajstić information content (AvgIpc) is 2.16. The SMILES string of the molecule is N=C(N)NC(=O)C(Cl)c1c(Cl)cccc1Cl. The molecule has 1 rings (SSSR count). The number of hydrogen-bond donors (Lipinski definition) is 3. The Labute approximate surface area is 107 Å². The summed E-state index contributed by atoms with van der Waals surface area (Å²) in [6.45, 7) is 0. The van der Waals surface area contributed by atoms with Crippen LogP contribution < -0.4 is 11.1 Å². The van der Waals surface area contributed by atoms with Crippen LogP contribution in [0.4, 0.5) is 0 Å². The fraction of sp³-hybridized carbons (Fsp3) is 0.111. The van der Waals surface area contributed by atoms with Crippen LogP contribution in [-0.4, -0.2) is 11.9 Å². The second-order valence-corrected chi connectivity index (χ2v) is 4.15. The van der Waals surface area contributed by atoms with Gasteiger partial charge in [0.1, 0.15) is 5.38 Å². The van der Waals surface area contributed by atoms with Crippen molar-refractivity contribution in [1.29, 1.82) is 5.41 Å². The molecule has 16 heavy (non-hydrogen) atoms. The molecular weight excluding hydrogens is 272 g/mol. The summed E-state index contributed by atoms with van der Waals surface area (Å²) in [5, 5.41) is 8.45. The van der Waals surface area contributed by atoms with Crippen molar-refractivity contribution in [2.24, 2.45) is 5.73 Å². The third-order valence-electron chi connectivity index (χ3n) is 1.74. The highest BCUT2D eigenvalue weighted by atomic mass is 35.5. The normalized spacial score (nSPS) is 11.9. The molecule has 1 aromatic carbocycles. The molecule has 1 atom stereocenters. The van der Waals surface area contributed by atoms with E-state index in [1.165, 1.54) is 0 Å². The number of rotatable bonds is 2. The molecule has 0 aliphatic rings. The van der Waals surface area contributed by atoms with E-state index in [0.29, 0.717) is 5.56 Å². The molecule has 0 spiro atoms. The molecule has 0 saturated heterocycles. The Morgan fingerprint density at radius 3 is 2.31 bits per heavy atom. The van der Waals surface area contributed by atoms with Gasteiger partial charge in [-0.3, -0.25) is 15.5 Å². The number of benzene rings is 1. The number of nitrogens with one attached hydrogen (secondary N) is 2. The van der Waals surface area contributed by atoms with Gasteiger partial charge in [-0.2, -0.15) is 0 Å². The van der Waals surface area contributed by atoms with E-state index in [1.54, 1.807) is 18.2 Å². The quantitative estimate of drug-likeness (QED) is 0.441. The van der Waals surface area contributed by atoms with Gasteiger partial charge in [0.2, 0.25) is 5.91 Å². The predicted molar refractivity (Wildman–Crippen MR) is 65.1 cm³/mol. The van der Waals surface area contributed by atoms with Crippen molar-refractivity contribution in [1.82, 2.24) is 5.32 Å². The number of halogens is 3. The Kier molecular flexibility index (Phi) is 4.41. The fourth-order valence-electron chi connectivity index (χ4n) is 1.08. The molecule has 0 aliphatic carbocycles. The second-order valence-electron chi connectivity index (χ2n) is 2.90. The number of carbonyl (C=O) groups is 1. The zero-order chi connectivity index (χ0) is 12.3. The zero-order valence-corrected chi connectivity index (χ0v) is 10.2. The molecule has 0 aliphatic heterocycles. The minimum Gasteiger partial charge on any atom is -0.370 e. The van der Waals surface area contributed by atoms with Crippen molar-refractivity contribution >= 4 is 46.7 Å². The first-order chi connectivity index (χ1) is 7.43. The topological polar surface area (TPSA) is 79.0 Å². The van der Waals surface area contributed by atoms with Gasteiger partial charge in [0, 0.05) is 15.6 Å². The number of carbonyl (C=O) groups excluding carboxylic acids is 1. The Bertz CT molecular complexity index is 416. The summed E-state index contributed by atoms with van der Waals surface area (Å²) >= 11 is 17.6. The van der Waals surface area contributed by atoms with Crippen LogP contribution in [0.25, 0.3) is 0 Å². The first-order valence-electron chi connectivity index (χ1n) is 4.16. The van der Waals surface area contributed by atoms with Crippen molar-refractivity contribution < 1.29 is 4.79 Å². The smallest absolute Gasteiger partial charge is 0.249 e. The van der Waals surface area contributed by atoms with Crippen LogP contribution in [0.1, 0.15) is 10.9 Å². The summed E-state index contributed by atoms with van der Waals surface area (Å²) < 4.78 is 0. The molecule has 1 unspecified atom stereocenters. The Balaban J connectivity index is 3.00. The molecule has 4 N–H and O–H groups in total. The van der Waals surface area contributed by atoms with Gasteiger partial charge in [-0.05, 0) is 12.1 Å². The lowest BCUT2D eigenvalue weighted by Gasteiger charge is -2.12. The molecular formula is C9H8Cl3N3O. The molecule has 86 valence electrons. The number of amides is 1. The summed E-state index contributed by atoms with van der Waals surface area (Å²) in [4.78, 5) is 11.5. The van der Waals surface area contributed by atoms with Gasteiger partial charge in [0.05, 0.1) is 0 Å². The maximum atomic E-state index is 11.5. The highest BCUT2D eigenvalue weighted by Gasteiger charge is 2.23.